The van der Waals surface area contributed by atoms with Crippen LogP contribution in [-0.4, -0.2) is 9.55 Å². The third-order valence-corrected chi connectivity index (χ3v) is 2.88. The van der Waals surface area contributed by atoms with Gasteiger partial charge in [-0.1, -0.05) is 13.8 Å². The second kappa shape index (κ2) is 4.66. The van der Waals surface area contributed by atoms with Crippen LogP contribution in [0.15, 0.2) is 24.5 Å². The summed E-state index contributed by atoms with van der Waals surface area (Å²) in [4.78, 5) is 4.44. The molecule has 0 amide bonds. The van der Waals surface area contributed by atoms with E-state index < -0.39 is 0 Å². The minimum atomic E-state index is 0.580. The highest BCUT2D eigenvalue weighted by Gasteiger charge is 2.07. The quantitative estimate of drug-likeness (QED) is 0.855. The monoisotopic (exact) mass is 217 g/mol. The van der Waals surface area contributed by atoms with E-state index in [2.05, 4.69) is 35.7 Å². The van der Waals surface area contributed by atoms with Gasteiger partial charge in [0.05, 0.1) is 0 Å². The molecule has 0 aliphatic heterocycles. The van der Waals surface area contributed by atoms with Crippen molar-refractivity contribution in [2.45, 2.75) is 33.4 Å². The third kappa shape index (κ3) is 2.09. The number of aryl methyl sites for hydroxylation is 1. The maximum absolute atomic E-state index is 5.74. The zero-order valence-electron chi connectivity index (χ0n) is 9.98. The summed E-state index contributed by atoms with van der Waals surface area (Å²) in [7, 11) is 0. The van der Waals surface area contributed by atoms with Gasteiger partial charge in [-0.3, -0.25) is 0 Å². The molecule has 0 bridgehead atoms. The van der Waals surface area contributed by atoms with Crippen LogP contribution in [0.4, 0.5) is 0 Å². The van der Waals surface area contributed by atoms with E-state index in [1.807, 2.05) is 12.3 Å². The number of pyridine rings is 1. The van der Waals surface area contributed by atoms with E-state index in [4.69, 9.17) is 5.73 Å². The first kappa shape index (κ1) is 11.1. The number of nitrogens with zero attached hydrogens (tertiary/aromatic N) is 2. The zero-order valence-corrected chi connectivity index (χ0v) is 9.98. The third-order valence-electron chi connectivity index (χ3n) is 2.88. The second-order valence-electron chi connectivity index (χ2n) is 4.61. The van der Waals surface area contributed by atoms with Crippen molar-refractivity contribution in [2.75, 3.05) is 0 Å². The molecule has 0 aliphatic rings. The molecular formula is C13H19N3. The fraction of sp³-hybridized carbons (Fsp3) is 0.462. The number of fused-ring (bicyclic) bond motifs is 1. The Morgan fingerprint density at radius 1 is 1.44 bits per heavy atom. The molecule has 0 unspecified atom stereocenters. The zero-order chi connectivity index (χ0) is 11.5. The number of rotatable bonds is 4. The molecule has 0 aliphatic carbocycles. The predicted molar refractivity (Wildman–Crippen MR) is 67.1 cm³/mol. The minimum absolute atomic E-state index is 0.580. The van der Waals surface area contributed by atoms with Gasteiger partial charge in [0.15, 0.2) is 0 Å². The normalized spacial score (nSPS) is 11.5. The Morgan fingerprint density at radius 2 is 2.25 bits per heavy atom. The number of nitrogens with two attached hydrogens (primary N) is 1. The first-order chi connectivity index (χ1) is 7.72. The van der Waals surface area contributed by atoms with Crippen molar-refractivity contribution in [3.8, 4) is 0 Å². The van der Waals surface area contributed by atoms with Gasteiger partial charge < -0.3 is 10.3 Å². The van der Waals surface area contributed by atoms with Crippen LogP contribution in [0.3, 0.4) is 0 Å². The maximum Gasteiger partial charge on any atom is 0.140 e. The van der Waals surface area contributed by atoms with Gasteiger partial charge in [0.25, 0.3) is 0 Å². The highest BCUT2D eigenvalue weighted by atomic mass is 15.0. The van der Waals surface area contributed by atoms with Gasteiger partial charge in [0.1, 0.15) is 5.65 Å². The smallest absolute Gasteiger partial charge is 0.140 e. The van der Waals surface area contributed by atoms with Crippen LogP contribution >= 0.6 is 0 Å². The summed E-state index contributed by atoms with van der Waals surface area (Å²) < 4.78 is 2.22. The molecule has 0 fully saturated rings. The van der Waals surface area contributed by atoms with Gasteiger partial charge in [-0.2, -0.15) is 0 Å². The van der Waals surface area contributed by atoms with Crippen LogP contribution in [-0.2, 0) is 13.1 Å². The van der Waals surface area contributed by atoms with E-state index in [0.29, 0.717) is 12.5 Å². The van der Waals surface area contributed by atoms with Crippen molar-refractivity contribution in [3.63, 3.8) is 0 Å². The van der Waals surface area contributed by atoms with Crippen molar-refractivity contribution < 1.29 is 0 Å². The average Bonchev–Trinajstić information content (AvgIpc) is 2.65. The highest BCUT2D eigenvalue weighted by Crippen LogP contribution is 2.19. The first-order valence-electron chi connectivity index (χ1n) is 5.85. The van der Waals surface area contributed by atoms with Crippen molar-refractivity contribution in [1.29, 1.82) is 0 Å². The molecule has 0 saturated heterocycles. The molecule has 0 radical (unpaired) electrons. The van der Waals surface area contributed by atoms with E-state index in [0.717, 1.165) is 12.2 Å². The molecule has 2 aromatic rings. The van der Waals surface area contributed by atoms with Gasteiger partial charge in [0, 0.05) is 30.9 Å². The number of hydrogen-bond acceptors (Lipinski definition) is 2. The van der Waals surface area contributed by atoms with E-state index in [1.54, 1.807) is 0 Å². The summed E-state index contributed by atoms with van der Waals surface area (Å²) in [5.74, 6) is 0.711. The summed E-state index contributed by atoms with van der Waals surface area (Å²) >= 11 is 0. The van der Waals surface area contributed by atoms with Crippen LogP contribution in [0.25, 0.3) is 11.0 Å². The lowest BCUT2D eigenvalue weighted by Crippen LogP contribution is -2.01. The van der Waals surface area contributed by atoms with Crippen LogP contribution in [0, 0.1) is 5.92 Å². The van der Waals surface area contributed by atoms with Gasteiger partial charge in [-0.15, -0.1) is 0 Å². The Bertz CT molecular complexity index is 471. The molecule has 16 heavy (non-hydrogen) atoms. The summed E-state index contributed by atoms with van der Waals surface area (Å²) in [5, 5.41) is 1.19. The second-order valence-corrected chi connectivity index (χ2v) is 4.61. The maximum atomic E-state index is 5.74. The van der Waals surface area contributed by atoms with Crippen molar-refractivity contribution in [3.05, 3.63) is 30.1 Å². The predicted octanol–water partition coefficient (Wildman–Crippen LogP) is 2.54. The largest absolute Gasteiger partial charge is 0.332 e. The first-order valence-corrected chi connectivity index (χ1v) is 5.85. The van der Waals surface area contributed by atoms with E-state index in [1.165, 1.54) is 17.4 Å². The Hall–Kier alpha value is -1.35. The fourth-order valence-corrected chi connectivity index (χ4v) is 1.93. The van der Waals surface area contributed by atoms with Crippen molar-refractivity contribution in [1.82, 2.24) is 9.55 Å². The Labute approximate surface area is 96.3 Å². The molecule has 3 nitrogen and oxygen atoms in total. The van der Waals surface area contributed by atoms with Crippen LogP contribution in [0.1, 0.15) is 25.8 Å². The summed E-state index contributed by atoms with van der Waals surface area (Å²) in [6.07, 6.45) is 5.15. The van der Waals surface area contributed by atoms with Crippen LogP contribution in [0.2, 0.25) is 0 Å². The standard InChI is InChI=1S/C13H19N3/c1-10(2)5-7-16-9-11(8-14)12-4-3-6-15-13(12)16/h3-4,6,9-10H,5,7-8,14H2,1-2H3. The lowest BCUT2D eigenvalue weighted by molar-refractivity contribution is 0.522. The Kier molecular flexibility index (Phi) is 3.25. The molecule has 0 aromatic carbocycles. The lowest BCUT2D eigenvalue weighted by Gasteiger charge is -2.06. The lowest BCUT2D eigenvalue weighted by atomic mass is 10.1. The molecule has 2 aromatic heterocycles. The molecule has 3 heteroatoms. The highest BCUT2D eigenvalue weighted by molar-refractivity contribution is 5.80. The Balaban J connectivity index is 2.37. The number of aromatic nitrogens is 2. The summed E-state index contributed by atoms with van der Waals surface area (Å²) in [5.41, 5.74) is 7.99. The van der Waals surface area contributed by atoms with Crippen LogP contribution in [0.5, 0.6) is 0 Å². The topological polar surface area (TPSA) is 43.8 Å². The molecule has 0 saturated carbocycles. The summed E-state index contributed by atoms with van der Waals surface area (Å²) in [6.45, 7) is 6.08. The molecule has 2 heterocycles. The Morgan fingerprint density at radius 3 is 2.94 bits per heavy atom. The van der Waals surface area contributed by atoms with Gasteiger partial charge in [-0.25, -0.2) is 4.98 Å². The summed E-state index contributed by atoms with van der Waals surface area (Å²) in [6, 6.07) is 4.06. The number of hydrogen-bond donors (Lipinski definition) is 1. The molecule has 2 rings (SSSR count). The van der Waals surface area contributed by atoms with E-state index in [-0.39, 0.29) is 0 Å². The SMILES string of the molecule is CC(C)CCn1cc(CN)c2cccnc21. The molecule has 86 valence electrons. The fourth-order valence-electron chi connectivity index (χ4n) is 1.93. The van der Waals surface area contributed by atoms with Crippen molar-refractivity contribution in [2.24, 2.45) is 11.7 Å². The van der Waals surface area contributed by atoms with Crippen molar-refractivity contribution >= 4 is 11.0 Å². The molecular weight excluding hydrogens is 198 g/mol. The van der Waals surface area contributed by atoms with Crippen LogP contribution < -0.4 is 5.73 Å². The molecule has 0 spiro atoms. The average molecular weight is 217 g/mol. The van der Waals surface area contributed by atoms with Gasteiger partial charge >= 0.3 is 0 Å². The van der Waals surface area contributed by atoms with Gasteiger partial charge in [0.2, 0.25) is 0 Å². The van der Waals surface area contributed by atoms with E-state index >= 15 is 0 Å². The molecule has 0 atom stereocenters. The van der Waals surface area contributed by atoms with E-state index in [9.17, 15) is 0 Å². The molecule has 2 N–H and O–H groups in total. The minimum Gasteiger partial charge on any atom is -0.332 e. The van der Waals surface area contributed by atoms with Gasteiger partial charge in [-0.05, 0) is 30.0 Å².